The number of aromatic nitrogens is 2. The Morgan fingerprint density at radius 1 is 0.270 bits per heavy atom. The zero-order chi connectivity index (χ0) is 66.8. The predicted molar refractivity (Wildman–Crippen MR) is 410 cm³/mol. The highest BCUT2D eigenvalue weighted by Crippen LogP contribution is 2.53. The van der Waals surface area contributed by atoms with E-state index in [2.05, 4.69) is 428 Å². The minimum Gasteiger partial charge on any atom is -0.353 e. The van der Waals surface area contributed by atoms with Crippen LogP contribution in [0.15, 0.2) is 416 Å². The molecule has 0 fully saturated rings. The lowest BCUT2D eigenvalue weighted by Gasteiger charge is -2.37. The van der Waals surface area contributed by atoms with E-state index in [9.17, 15) is 0 Å². The van der Waals surface area contributed by atoms with E-state index in [1.807, 2.05) is 0 Å². The Labute approximate surface area is 584 Å². The third-order valence-electron chi connectivity index (χ3n) is 20.8. The van der Waals surface area contributed by atoms with Gasteiger partial charge in [-0.25, -0.2) is 4.99 Å². The summed E-state index contributed by atoms with van der Waals surface area (Å²) in [6.07, 6.45) is 14.0. The number of rotatable bonds is 16. The van der Waals surface area contributed by atoms with Crippen LogP contribution in [-0.2, 0) is 21.7 Å². The lowest BCUT2D eigenvalue weighted by molar-refractivity contribution is 0.733. The van der Waals surface area contributed by atoms with Crippen LogP contribution in [0.2, 0.25) is 0 Å². The van der Waals surface area contributed by atoms with E-state index in [-0.39, 0.29) is 0 Å². The van der Waals surface area contributed by atoms with Crippen LogP contribution < -0.4 is 26.7 Å². The Bertz CT molecular complexity index is 5250. The number of hydrogen-bond donors (Lipinski definition) is 3. The zero-order valence-electron chi connectivity index (χ0n) is 55.2. The third-order valence-corrected chi connectivity index (χ3v) is 20.8. The topological polar surface area (TPSA) is 56.0 Å². The van der Waals surface area contributed by atoms with Crippen LogP contribution in [0.4, 0.5) is 0 Å². The molecule has 100 heavy (non-hydrogen) atoms. The number of allylic oxidation sites excluding steroid dienone is 3. The summed E-state index contributed by atoms with van der Waals surface area (Å²) >= 11 is 0. The lowest BCUT2D eigenvalue weighted by Crippen LogP contribution is -2.36. The van der Waals surface area contributed by atoms with Crippen molar-refractivity contribution in [2.24, 2.45) is 4.99 Å². The maximum Gasteiger partial charge on any atom is 0.187 e. The highest BCUT2D eigenvalue weighted by Gasteiger charge is 2.50. The molecule has 0 amide bonds. The van der Waals surface area contributed by atoms with Gasteiger partial charge in [0, 0.05) is 23.1 Å². The van der Waals surface area contributed by atoms with E-state index in [1.165, 1.54) is 0 Å². The second-order valence-electron chi connectivity index (χ2n) is 26.0. The van der Waals surface area contributed by atoms with E-state index >= 15 is 0 Å². The van der Waals surface area contributed by atoms with Crippen LogP contribution in [0.3, 0.4) is 0 Å². The first kappa shape index (κ1) is 60.9. The Morgan fingerprint density at radius 3 is 0.830 bits per heavy atom. The Morgan fingerprint density at radius 2 is 0.530 bits per heavy atom. The molecule has 3 N–H and O–H groups in total. The van der Waals surface area contributed by atoms with Gasteiger partial charge >= 0.3 is 0 Å². The van der Waals surface area contributed by atoms with Crippen molar-refractivity contribution in [3.63, 3.8) is 0 Å². The summed E-state index contributed by atoms with van der Waals surface area (Å²) in [7, 11) is 0. The highest BCUT2D eigenvalue weighted by molar-refractivity contribution is 6.17. The van der Waals surface area contributed by atoms with Crippen molar-refractivity contribution in [1.82, 2.24) is 15.3 Å². The molecule has 474 valence electrons. The maximum absolute atomic E-state index is 6.06. The molecule has 12 aromatic carbocycles. The van der Waals surface area contributed by atoms with Gasteiger partial charge in [0.25, 0.3) is 0 Å². The molecule has 4 heteroatoms. The molecule has 17 rings (SSSR count). The molecule has 14 aromatic rings. The van der Waals surface area contributed by atoms with E-state index in [4.69, 9.17) is 4.99 Å². The SMILES string of the molecule is C1=CC2=C(C(c3ccccc3)(c3ccccc3)c3ccccc3)[CH+]C(=c3cc(C(c4ccccc4)(c4ccccc4)c4ccccc4)c([nH]3)=CC=c3[nH]c(cc3C(c3ccccc3)(c3ccccc3)c3ccccc3)=C3C=C(C(c4ccccc4)(c4ccccc4)c4ccccc4)C1=N3)N2. The average molecular weight is 1280 g/mol. The molecule has 0 saturated heterocycles. The third kappa shape index (κ3) is 10.1. The van der Waals surface area contributed by atoms with Crippen molar-refractivity contribution in [3.05, 3.63) is 517 Å². The first-order chi connectivity index (χ1) is 49.6. The van der Waals surface area contributed by atoms with Gasteiger partial charge in [0.05, 0.1) is 50.2 Å². The van der Waals surface area contributed by atoms with Crippen molar-refractivity contribution < 1.29 is 0 Å². The van der Waals surface area contributed by atoms with E-state index in [1.54, 1.807) is 0 Å². The number of aromatic amines is 2. The molecule has 0 atom stereocenters. The molecule has 3 aliphatic rings. The highest BCUT2D eigenvalue weighted by atomic mass is 15.0. The van der Waals surface area contributed by atoms with Gasteiger partial charge in [-0.1, -0.05) is 364 Å². The van der Waals surface area contributed by atoms with Crippen LogP contribution in [0.5, 0.6) is 0 Å². The van der Waals surface area contributed by atoms with Gasteiger partial charge in [0.1, 0.15) is 11.3 Å². The maximum atomic E-state index is 6.06. The van der Waals surface area contributed by atoms with Crippen molar-refractivity contribution in [3.8, 4) is 0 Å². The van der Waals surface area contributed by atoms with Gasteiger partial charge in [-0.05, 0) is 108 Å². The van der Waals surface area contributed by atoms with Gasteiger partial charge in [0.15, 0.2) is 11.0 Å². The molecule has 0 aliphatic carbocycles. The fourth-order valence-electron chi connectivity index (χ4n) is 16.6. The summed E-state index contributed by atoms with van der Waals surface area (Å²) in [5.41, 5.74) is 17.8. The second-order valence-corrected chi connectivity index (χ2v) is 26.0. The summed E-state index contributed by atoms with van der Waals surface area (Å²) in [4.78, 5) is 14.5. The number of fused-ring (bicyclic) bond motifs is 7. The molecule has 0 spiro atoms. The van der Waals surface area contributed by atoms with Crippen molar-refractivity contribution >= 4 is 29.3 Å². The molecule has 0 saturated carbocycles. The fourth-order valence-corrected chi connectivity index (χ4v) is 16.6. The summed E-state index contributed by atoms with van der Waals surface area (Å²) in [5, 5.41) is 7.89. The summed E-state index contributed by atoms with van der Waals surface area (Å²) in [5.74, 6) is 0. The van der Waals surface area contributed by atoms with Crippen LogP contribution in [-0.4, -0.2) is 15.7 Å². The van der Waals surface area contributed by atoms with Crippen LogP contribution in [0, 0.1) is 6.42 Å². The minimum absolute atomic E-state index is 0.802. The molecule has 3 aliphatic heterocycles. The fraction of sp³-hybridized carbons (Fsp3) is 0.0417. The zero-order valence-corrected chi connectivity index (χ0v) is 55.2. The summed E-state index contributed by atoms with van der Waals surface area (Å²) in [6.45, 7) is 0. The molecule has 0 radical (unpaired) electrons. The average Bonchev–Trinajstić information content (AvgIpc) is 1.49. The summed E-state index contributed by atoms with van der Waals surface area (Å²) in [6, 6.07) is 137. The minimum atomic E-state index is -0.872. The van der Waals surface area contributed by atoms with Gasteiger partial charge < -0.3 is 9.97 Å². The smallest absolute Gasteiger partial charge is 0.187 e. The van der Waals surface area contributed by atoms with Gasteiger partial charge in [-0.15, -0.1) is 0 Å². The Hall–Kier alpha value is -12.8. The molecule has 5 heterocycles. The van der Waals surface area contributed by atoms with Crippen molar-refractivity contribution in [2.75, 3.05) is 0 Å². The normalized spacial score (nSPS) is 13.7. The molecule has 2 aromatic heterocycles. The van der Waals surface area contributed by atoms with Crippen molar-refractivity contribution in [1.29, 1.82) is 0 Å². The second kappa shape index (κ2) is 26.0. The Kier molecular flexibility index (Phi) is 15.8. The monoisotopic (exact) mass is 1280 g/mol. The quantitative estimate of drug-likeness (QED) is 0.0655. The standard InChI is InChI=1S/C96H71N4/c1-13-37-69(38-14-1)93(70-39-15-2-16-40-70,71-41-17-3-18-42-71)81-65-89-90-66-82(94(72-43-19-4-20-44-72,73-45-21-5-22-46-73)74-47-23-6-24-48-74)87(98-90)63-64-88-84(96(78-55-31-10-32-56-78,79-57-33-11-34-58-79)80-59-35-12-36-60-80)68-92(100-88)91-67-83(86(99-91)62-61-85(81)97-89)95(75-49-25-7-26-50-75,76-51-27-8-28-52-76)77-53-29-9-30-54-77/h1-68,97-99H/q+1. The van der Waals surface area contributed by atoms with Gasteiger partial charge in [-0.2, -0.15) is 0 Å². The first-order valence-corrected chi connectivity index (χ1v) is 34.5. The first-order valence-electron chi connectivity index (χ1n) is 34.5. The van der Waals surface area contributed by atoms with Crippen LogP contribution in [0.25, 0.3) is 23.5 Å². The molecule has 8 bridgehead atoms. The number of hydrogen-bond acceptors (Lipinski definition) is 2. The molecular weight excluding hydrogens is 1210 g/mol. The van der Waals surface area contributed by atoms with Crippen molar-refractivity contribution in [2.45, 2.75) is 21.7 Å². The lowest BCUT2D eigenvalue weighted by atomic mass is 9.63. The van der Waals surface area contributed by atoms with E-state index < -0.39 is 21.7 Å². The number of nitrogens with one attached hydrogen (secondary N) is 3. The molecular formula is C96H71N4+. The number of nitrogens with zero attached hydrogens (tertiary/aromatic N) is 1. The largest absolute Gasteiger partial charge is 0.353 e. The summed E-state index contributed by atoms with van der Waals surface area (Å²) < 4.78 is 0. The van der Waals surface area contributed by atoms with E-state index in [0.29, 0.717) is 0 Å². The molecule has 0 unspecified atom stereocenters. The Balaban J connectivity index is 1.08. The van der Waals surface area contributed by atoms with Crippen LogP contribution in [0.1, 0.15) is 77.9 Å². The number of aliphatic imine (C=N–C) groups is 1. The van der Waals surface area contributed by atoms with Crippen LogP contribution >= 0.6 is 0 Å². The van der Waals surface area contributed by atoms with Gasteiger partial charge in [0.2, 0.25) is 0 Å². The van der Waals surface area contributed by atoms with E-state index in [0.717, 1.165) is 133 Å². The van der Waals surface area contributed by atoms with Gasteiger partial charge in [-0.3, -0.25) is 5.32 Å². The number of H-pyrrole nitrogens is 2. The predicted octanol–water partition coefficient (Wildman–Crippen LogP) is 17.7. The molecule has 4 nitrogen and oxygen atoms in total. The number of benzene rings is 12.